The minimum Gasteiger partial charge on any atom is -0.372 e. The Morgan fingerprint density at radius 2 is 2.05 bits per heavy atom. The summed E-state index contributed by atoms with van der Waals surface area (Å²) in [7, 11) is 1.57. The second-order valence-corrected chi connectivity index (χ2v) is 9.68. The zero-order chi connectivity index (χ0) is 25.9. The monoisotopic (exact) mass is 533 g/mol. The van der Waals surface area contributed by atoms with Crippen molar-refractivity contribution >= 4 is 45.7 Å². The Bertz CT molecular complexity index is 1580. The molecule has 2 N–H and O–H groups in total. The van der Waals surface area contributed by atoms with Crippen molar-refractivity contribution in [3.05, 3.63) is 85.9 Å². The molecule has 0 bridgehead atoms. The van der Waals surface area contributed by atoms with Gasteiger partial charge in [0.1, 0.15) is 6.61 Å². The summed E-state index contributed by atoms with van der Waals surface area (Å²) in [4.78, 5) is 22.6. The Kier molecular flexibility index (Phi) is 7.45. The van der Waals surface area contributed by atoms with Crippen LogP contribution in [0.25, 0.3) is 16.6 Å². The van der Waals surface area contributed by atoms with E-state index in [1.807, 2.05) is 6.07 Å². The third-order valence-electron chi connectivity index (χ3n) is 6.40. The van der Waals surface area contributed by atoms with Gasteiger partial charge in [0.15, 0.2) is 0 Å². The maximum absolute atomic E-state index is 13.5. The van der Waals surface area contributed by atoms with E-state index in [1.165, 1.54) is 21.9 Å². The average Bonchev–Trinajstić information content (AvgIpc) is 3.41. The van der Waals surface area contributed by atoms with Gasteiger partial charge < -0.3 is 15.4 Å². The van der Waals surface area contributed by atoms with Crippen LogP contribution < -0.4 is 16.2 Å². The molecule has 1 aliphatic rings. The van der Waals surface area contributed by atoms with E-state index in [0.29, 0.717) is 44.1 Å². The fraction of sp³-hybridized carbons (Fsp3) is 0.250. The van der Waals surface area contributed by atoms with Gasteiger partial charge >= 0.3 is 0 Å². The van der Waals surface area contributed by atoms with Gasteiger partial charge in [0.25, 0.3) is 5.56 Å². The van der Waals surface area contributed by atoms with Crippen LogP contribution in [-0.2, 0) is 4.74 Å². The zero-order valence-electron chi connectivity index (χ0n) is 20.4. The maximum Gasteiger partial charge on any atom is 0.266 e. The molecule has 2 aromatic heterocycles. The average molecular weight is 534 g/mol. The summed E-state index contributed by atoms with van der Waals surface area (Å²) in [6, 6.07) is 11.4. The SMILES string of the molecule is COCC#Cc1cn(-c2c(Cl)cccc2Cl)c(=O)c2cnc(Nc3ccc(C4CCNC4)c(C)c3)nc12. The topological polar surface area (TPSA) is 81.1 Å². The number of anilines is 2. The molecule has 5 rings (SSSR count). The van der Waals surface area contributed by atoms with Crippen LogP contribution in [0.1, 0.15) is 29.0 Å². The third kappa shape index (κ3) is 5.20. The van der Waals surface area contributed by atoms with Gasteiger partial charge in [0, 0.05) is 31.7 Å². The third-order valence-corrected chi connectivity index (χ3v) is 7.01. The fourth-order valence-corrected chi connectivity index (χ4v) is 5.20. The highest BCUT2D eigenvalue weighted by Crippen LogP contribution is 2.30. The maximum atomic E-state index is 13.5. The van der Waals surface area contributed by atoms with Crippen molar-refractivity contribution in [2.75, 3.05) is 32.1 Å². The van der Waals surface area contributed by atoms with Crippen molar-refractivity contribution in [2.24, 2.45) is 0 Å². The second kappa shape index (κ2) is 10.9. The lowest BCUT2D eigenvalue weighted by molar-refractivity contribution is 0.240. The molecule has 1 aliphatic heterocycles. The summed E-state index contributed by atoms with van der Waals surface area (Å²) in [5, 5.41) is 7.68. The molecule has 0 saturated carbocycles. The quantitative estimate of drug-likeness (QED) is 0.342. The molecular formula is C28H25Cl2N5O2. The number of hydrogen-bond donors (Lipinski definition) is 2. The van der Waals surface area contributed by atoms with Crippen LogP contribution in [0.2, 0.25) is 10.0 Å². The zero-order valence-corrected chi connectivity index (χ0v) is 22.0. The Hall–Kier alpha value is -3.41. The first-order valence-corrected chi connectivity index (χ1v) is 12.6. The lowest BCUT2D eigenvalue weighted by atomic mass is 9.94. The molecule has 2 aromatic carbocycles. The van der Waals surface area contributed by atoms with Gasteiger partial charge in [0.2, 0.25) is 5.95 Å². The number of pyridine rings is 1. The second-order valence-electron chi connectivity index (χ2n) is 8.86. The van der Waals surface area contributed by atoms with Crippen LogP contribution in [0.5, 0.6) is 0 Å². The Balaban J connectivity index is 1.57. The Morgan fingerprint density at radius 3 is 2.76 bits per heavy atom. The van der Waals surface area contributed by atoms with Gasteiger partial charge in [-0.3, -0.25) is 9.36 Å². The highest BCUT2D eigenvalue weighted by molar-refractivity contribution is 6.37. The van der Waals surface area contributed by atoms with Crippen molar-refractivity contribution in [3.8, 4) is 17.5 Å². The predicted molar refractivity (Wildman–Crippen MR) is 149 cm³/mol. The number of ether oxygens (including phenoxy) is 1. The number of para-hydroxylation sites is 1. The number of hydrogen-bond acceptors (Lipinski definition) is 6. The highest BCUT2D eigenvalue weighted by Gasteiger charge is 2.19. The molecule has 3 heterocycles. The first kappa shape index (κ1) is 25.2. The molecule has 1 unspecified atom stereocenters. The number of aryl methyl sites for hydroxylation is 1. The number of methoxy groups -OCH3 is 1. The number of fused-ring (bicyclic) bond motifs is 1. The molecule has 1 atom stereocenters. The van der Waals surface area contributed by atoms with Crippen LogP contribution in [0, 0.1) is 18.8 Å². The van der Waals surface area contributed by atoms with E-state index < -0.39 is 0 Å². The fourth-order valence-electron chi connectivity index (χ4n) is 4.62. The molecular weight excluding hydrogens is 509 g/mol. The van der Waals surface area contributed by atoms with E-state index in [4.69, 9.17) is 27.9 Å². The number of nitrogens with one attached hydrogen (secondary N) is 2. The van der Waals surface area contributed by atoms with Gasteiger partial charge in [-0.25, -0.2) is 9.97 Å². The Morgan fingerprint density at radius 1 is 1.24 bits per heavy atom. The summed E-state index contributed by atoms with van der Waals surface area (Å²) in [6.07, 6.45) is 4.25. The van der Waals surface area contributed by atoms with E-state index in [2.05, 4.69) is 51.5 Å². The molecule has 9 heteroatoms. The minimum absolute atomic E-state index is 0.228. The van der Waals surface area contributed by atoms with E-state index in [-0.39, 0.29) is 12.2 Å². The summed E-state index contributed by atoms with van der Waals surface area (Å²) < 4.78 is 6.47. The molecule has 1 saturated heterocycles. The highest BCUT2D eigenvalue weighted by atomic mass is 35.5. The molecule has 0 radical (unpaired) electrons. The van der Waals surface area contributed by atoms with Crippen molar-refractivity contribution in [2.45, 2.75) is 19.3 Å². The lowest BCUT2D eigenvalue weighted by Crippen LogP contribution is -2.20. The van der Waals surface area contributed by atoms with Crippen molar-refractivity contribution < 1.29 is 4.74 Å². The van der Waals surface area contributed by atoms with Crippen LogP contribution in [-0.4, -0.2) is 41.3 Å². The molecule has 0 spiro atoms. The van der Waals surface area contributed by atoms with E-state index >= 15 is 0 Å². The predicted octanol–water partition coefficient (Wildman–Crippen LogP) is 5.21. The van der Waals surface area contributed by atoms with Crippen LogP contribution >= 0.6 is 23.2 Å². The number of nitrogens with zero attached hydrogens (tertiary/aromatic N) is 3. The number of benzene rings is 2. The van der Waals surface area contributed by atoms with Crippen LogP contribution in [0.15, 0.2) is 53.6 Å². The van der Waals surface area contributed by atoms with Gasteiger partial charge in [0.05, 0.1) is 32.2 Å². The van der Waals surface area contributed by atoms with Crippen molar-refractivity contribution in [3.63, 3.8) is 0 Å². The van der Waals surface area contributed by atoms with Gasteiger partial charge in [-0.2, -0.15) is 0 Å². The standard InChI is InChI=1S/C28H25Cl2N5O2/c1-17-13-20(8-9-21(17)18-10-11-31-14-18)33-28-32-15-22-25(34-28)19(5-4-12-37-2)16-35(27(22)36)26-23(29)6-3-7-24(26)30/h3,6-9,13,15-16,18,31H,10-12,14H2,1-2H3,(H,32,33,34). The van der Waals surface area contributed by atoms with Gasteiger partial charge in [-0.1, -0.05) is 47.2 Å². The van der Waals surface area contributed by atoms with Crippen LogP contribution in [0.3, 0.4) is 0 Å². The number of halogens is 2. The molecule has 7 nitrogen and oxygen atoms in total. The summed E-state index contributed by atoms with van der Waals surface area (Å²) in [5.41, 5.74) is 4.41. The minimum atomic E-state index is -0.348. The van der Waals surface area contributed by atoms with Crippen LogP contribution in [0.4, 0.5) is 11.6 Å². The molecule has 37 heavy (non-hydrogen) atoms. The van der Waals surface area contributed by atoms with Crippen molar-refractivity contribution in [1.29, 1.82) is 0 Å². The molecule has 4 aromatic rings. The first-order valence-electron chi connectivity index (χ1n) is 11.9. The largest absolute Gasteiger partial charge is 0.372 e. The first-order chi connectivity index (χ1) is 18.0. The van der Waals surface area contributed by atoms with Gasteiger partial charge in [-0.05, 0) is 61.2 Å². The molecule has 0 amide bonds. The van der Waals surface area contributed by atoms with E-state index in [1.54, 1.807) is 31.5 Å². The number of rotatable bonds is 5. The molecule has 0 aliphatic carbocycles. The van der Waals surface area contributed by atoms with E-state index in [0.717, 1.165) is 25.2 Å². The summed E-state index contributed by atoms with van der Waals surface area (Å²) in [6.45, 7) is 4.40. The number of aromatic nitrogens is 3. The molecule has 1 fully saturated rings. The summed E-state index contributed by atoms with van der Waals surface area (Å²) >= 11 is 12.8. The van der Waals surface area contributed by atoms with Gasteiger partial charge in [-0.15, -0.1) is 0 Å². The Labute approximate surface area is 224 Å². The lowest BCUT2D eigenvalue weighted by Gasteiger charge is -2.15. The normalized spacial score (nSPS) is 15.0. The van der Waals surface area contributed by atoms with Crippen molar-refractivity contribution in [1.82, 2.24) is 19.9 Å². The van der Waals surface area contributed by atoms with E-state index in [9.17, 15) is 4.79 Å². The summed E-state index contributed by atoms with van der Waals surface area (Å²) in [5.74, 6) is 6.90. The smallest absolute Gasteiger partial charge is 0.266 e. The molecule has 188 valence electrons.